The summed E-state index contributed by atoms with van der Waals surface area (Å²) in [7, 11) is 1.19. The molecule has 0 spiro atoms. The fourth-order valence-electron chi connectivity index (χ4n) is 3.07. The maximum Gasteiger partial charge on any atom is 0.345 e. The fraction of sp³-hybridized carbons (Fsp3) is 0.0952. The van der Waals surface area contributed by atoms with Gasteiger partial charge in [-0.3, -0.25) is 10.1 Å². The number of nitrogens with zero attached hydrogens (tertiary/aromatic N) is 4. The molecule has 9 nitrogen and oxygen atoms in total. The lowest BCUT2D eigenvalue weighted by Crippen LogP contribution is -2.15. The first-order chi connectivity index (χ1) is 15.4. The molecule has 1 amide bonds. The van der Waals surface area contributed by atoms with Crippen molar-refractivity contribution in [2.45, 2.75) is 6.92 Å². The van der Waals surface area contributed by atoms with Crippen molar-refractivity contribution in [2.75, 3.05) is 12.4 Å². The Morgan fingerprint density at radius 3 is 2.53 bits per heavy atom. The van der Waals surface area contributed by atoms with Gasteiger partial charge >= 0.3 is 5.97 Å². The molecule has 0 saturated heterocycles. The van der Waals surface area contributed by atoms with E-state index in [4.69, 9.17) is 32.5 Å². The summed E-state index contributed by atoms with van der Waals surface area (Å²) in [6, 6.07) is 10.2. The number of methoxy groups -OCH3 is 1. The summed E-state index contributed by atoms with van der Waals surface area (Å²) < 4.78 is 11.6. The van der Waals surface area contributed by atoms with Crippen LogP contribution >= 0.6 is 23.2 Å². The molecule has 3 aromatic heterocycles. The zero-order chi connectivity index (χ0) is 22.8. The van der Waals surface area contributed by atoms with Crippen LogP contribution in [0.5, 0.6) is 0 Å². The third-order valence-electron chi connectivity index (χ3n) is 4.63. The second kappa shape index (κ2) is 8.81. The SMILES string of the molecule is COC(=O)c1c(-c2c(Cl)cccc2Cl)noc1NC(=O)c1cnn(-c2ccccn2)c1C. The Bertz CT molecular complexity index is 1300. The van der Waals surface area contributed by atoms with E-state index in [1.165, 1.54) is 18.0 Å². The van der Waals surface area contributed by atoms with Gasteiger partial charge in [-0.25, -0.2) is 14.5 Å². The normalized spacial score (nSPS) is 10.8. The number of amides is 1. The molecule has 0 aliphatic carbocycles. The Hall–Kier alpha value is -3.69. The Morgan fingerprint density at radius 1 is 1.12 bits per heavy atom. The molecule has 1 N–H and O–H groups in total. The molecule has 4 aromatic rings. The molecule has 0 aliphatic heterocycles. The molecule has 3 heterocycles. The quantitative estimate of drug-likeness (QED) is 0.423. The minimum absolute atomic E-state index is 0.0450. The van der Waals surface area contributed by atoms with Crippen LogP contribution in [0.2, 0.25) is 10.0 Å². The van der Waals surface area contributed by atoms with E-state index in [-0.39, 0.29) is 38.3 Å². The smallest absolute Gasteiger partial charge is 0.345 e. The van der Waals surface area contributed by atoms with E-state index in [9.17, 15) is 9.59 Å². The number of ether oxygens (including phenoxy) is 1. The van der Waals surface area contributed by atoms with Crippen molar-refractivity contribution in [3.05, 3.63) is 75.7 Å². The van der Waals surface area contributed by atoms with E-state index >= 15 is 0 Å². The highest BCUT2D eigenvalue weighted by Gasteiger charge is 2.29. The second-order valence-corrected chi connectivity index (χ2v) is 7.34. The number of aromatic nitrogens is 4. The summed E-state index contributed by atoms with van der Waals surface area (Å²) in [6.07, 6.45) is 3.01. The monoisotopic (exact) mass is 471 g/mol. The van der Waals surface area contributed by atoms with Crippen LogP contribution in [-0.2, 0) is 4.74 Å². The first-order valence-electron chi connectivity index (χ1n) is 9.22. The lowest BCUT2D eigenvalue weighted by atomic mass is 10.1. The number of halogens is 2. The predicted molar refractivity (Wildman–Crippen MR) is 117 cm³/mol. The lowest BCUT2D eigenvalue weighted by molar-refractivity contribution is 0.0602. The molecule has 162 valence electrons. The molecule has 0 radical (unpaired) electrons. The van der Waals surface area contributed by atoms with Gasteiger partial charge in [0.2, 0.25) is 5.88 Å². The van der Waals surface area contributed by atoms with Gasteiger partial charge < -0.3 is 9.26 Å². The Labute approximate surface area is 191 Å². The number of nitrogens with one attached hydrogen (secondary N) is 1. The average molecular weight is 472 g/mol. The predicted octanol–water partition coefficient (Wildman–Crippen LogP) is 4.58. The molecule has 11 heteroatoms. The zero-order valence-electron chi connectivity index (χ0n) is 16.8. The Balaban J connectivity index is 1.71. The molecule has 0 unspecified atom stereocenters. The molecule has 32 heavy (non-hydrogen) atoms. The number of hydrogen-bond acceptors (Lipinski definition) is 7. The van der Waals surface area contributed by atoms with E-state index in [0.717, 1.165) is 0 Å². The maximum absolute atomic E-state index is 12.9. The van der Waals surface area contributed by atoms with Crippen molar-refractivity contribution in [3.8, 4) is 17.1 Å². The molecular formula is C21H15Cl2N5O4. The molecule has 0 fully saturated rings. The van der Waals surface area contributed by atoms with Crippen LogP contribution in [0.3, 0.4) is 0 Å². The number of anilines is 1. The van der Waals surface area contributed by atoms with Crippen LogP contribution in [0.15, 0.2) is 53.3 Å². The van der Waals surface area contributed by atoms with E-state index in [0.29, 0.717) is 11.5 Å². The summed E-state index contributed by atoms with van der Waals surface area (Å²) in [5, 5.41) is 11.2. The van der Waals surface area contributed by atoms with E-state index < -0.39 is 11.9 Å². The van der Waals surface area contributed by atoms with Crippen LogP contribution in [0.4, 0.5) is 5.88 Å². The van der Waals surface area contributed by atoms with Gasteiger partial charge in [0, 0.05) is 11.8 Å². The highest BCUT2D eigenvalue weighted by molar-refractivity contribution is 6.39. The third-order valence-corrected chi connectivity index (χ3v) is 5.26. The van der Waals surface area contributed by atoms with Crippen LogP contribution in [0, 0.1) is 6.92 Å². The van der Waals surface area contributed by atoms with Crippen molar-refractivity contribution in [3.63, 3.8) is 0 Å². The first kappa shape index (κ1) is 21.5. The number of pyridine rings is 1. The van der Waals surface area contributed by atoms with Crippen LogP contribution < -0.4 is 5.32 Å². The van der Waals surface area contributed by atoms with Gasteiger partial charge in [-0.05, 0) is 31.2 Å². The summed E-state index contributed by atoms with van der Waals surface area (Å²) in [4.78, 5) is 29.7. The van der Waals surface area contributed by atoms with Crippen molar-refractivity contribution >= 4 is 41.0 Å². The third kappa shape index (κ3) is 3.83. The average Bonchev–Trinajstić information content (AvgIpc) is 3.37. The van der Waals surface area contributed by atoms with Gasteiger partial charge in [0.15, 0.2) is 11.4 Å². The maximum atomic E-state index is 12.9. The van der Waals surface area contributed by atoms with Crippen LogP contribution in [-0.4, -0.2) is 38.9 Å². The van der Waals surface area contributed by atoms with Gasteiger partial charge in [0.25, 0.3) is 5.91 Å². The number of hydrogen-bond donors (Lipinski definition) is 1. The van der Waals surface area contributed by atoms with Crippen molar-refractivity contribution in [2.24, 2.45) is 0 Å². The van der Waals surface area contributed by atoms with Gasteiger partial charge in [-0.15, -0.1) is 0 Å². The van der Waals surface area contributed by atoms with Crippen molar-refractivity contribution in [1.29, 1.82) is 0 Å². The summed E-state index contributed by atoms with van der Waals surface area (Å²) in [6.45, 7) is 1.72. The summed E-state index contributed by atoms with van der Waals surface area (Å²) in [5.41, 5.74) is 0.990. The topological polar surface area (TPSA) is 112 Å². The van der Waals surface area contributed by atoms with Gasteiger partial charge in [-0.2, -0.15) is 5.10 Å². The molecule has 0 saturated carbocycles. The Kier molecular flexibility index (Phi) is 5.93. The molecular weight excluding hydrogens is 457 g/mol. The number of benzene rings is 1. The number of rotatable bonds is 5. The molecule has 4 rings (SSSR count). The van der Waals surface area contributed by atoms with E-state index in [1.54, 1.807) is 43.5 Å². The highest BCUT2D eigenvalue weighted by Crippen LogP contribution is 2.38. The minimum atomic E-state index is -0.784. The Morgan fingerprint density at radius 2 is 1.88 bits per heavy atom. The van der Waals surface area contributed by atoms with E-state index in [1.807, 2.05) is 6.07 Å². The van der Waals surface area contributed by atoms with Crippen molar-refractivity contribution < 1.29 is 18.8 Å². The molecule has 0 atom stereocenters. The standard InChI is InChI=1S/C21H15Cl2N5O4/c1-11-12(10-25-28(11)15-8-3-4-9-24-15)19(29)26-20-17(21(30)31-2)18(27-32-20)16-13(22)6-5-7-14(16)23/h3-10H,1-2H3,(H,26,29). The lowest BCUT2D eigenvalue weighted by Gasteiger charge is -2.07. The zero-order valence-corrected chi connectivity index (χ0v) is 18.3. The molecule has 1 aromatic carbocycles. The number of carbonyl (C=O) groups is 2. The summed E-state index contributed by atoms with van der Waals surface area (Å²) in [5.74, 6) is -1.01. The van der Waals surface area contributed by atoms with Crippen molar-refractivity contribution in [1.82, 2.24) is 19.9 Å². The first-order valence-corrected chi connectivity index (χ1v) is 9.97. The minimum Gasteiger partial charge on any atom is -0.465 e. The molecule has 0 aliphatic rings. The van der Waals surface area contributed by atoms with Gasteiger partial charge in [0.05, 0.1) is 34.6 Å². The molecule has 0 bridgehead atoms. The summed E-state index contributed by atoms with van der Waals surface area (Å²) >= 11 is 12.5. The largest absolute Gasteiger partial charge is 0.465 e. The highest BCUT2D eigenvalue weighted by atomic mass is 35.5. The van der Waals surface area contributed by atoms with Gasteiger partial charge in [0.1, 0.15) is 5.69 Å². The van der Waals surface area contributed by atoms with Crippen LogP contribution in [0.1, 0.15) is 26.4 Å². The van der Waals surface area contributed by atoms with Crippen LogP contribution in [0.25, 0.3) is 17.1 Å². The van der Waals surface area contributed by atoms with Gasteiger partial charge in [-0.1, -0.05) is 40.5 Å². The second-order valence-electron chi connectivity index (χ2n) is 6.52. The number of carbonyl (C=O) groups excluding carboxylic acids is 2. The van der Waals surface area contributed by atoms with E-state index in [2.05, 4.69) is 20.6 Å². The number of esters is 1. The fourth-order valence-corrected chi connectivity index (χ4v) is 3.65.